The van der Waals surface area contributed by atoms with Gasteiger partial charge in [0, 0.05) is 18.2 Å². The third-order valence-electron chi connectivity index (χ3n) is 5.56. The summed E-state index contributed by atoms with van der Waals surface area (Å²) in [7, 11) is 0. The minimum absolute atomic E-state index is 0.112. The van der Waals surface area contributed by atoms with Gasteiger partial charge in [-0.3, -0.25) is 0 Å². The first kappa shape index (κ1) is 12.5. The number of halogens is 3. The molecule has 0 atom stereocenters. The Balaban J connectivity index is 1.59. The molecule has 1 N–H and O–H groups in total. The van der Waals surface area contributed by atoms with E-state index in [1.807, 2.05) is 0 Å². The van der Waals surface area contributed by atoms with E-state index in [9.17, 15) is 13.2 Å². The van der Waals surface area contributed by atoms with Crippen molar-refractivity contribution in [1.29, 1.82) is 0 Å². The highest BCUT2D eigenvalue weighted by Gasteiger charge is 2.48. The molecule has 5 rings (SSSR count). The fourth-order valence-corrected chi connectivity index (χ4v) is 4.97. The van der Waals surface area contributed by atoms with Crippen LogP contribution in [0.25, 0.3) is 0 Å². The van der Waals surface area contributed by atoms with Gasteiger partial charge >= 0.3 is 0 Å². The van der Waals surface area contributed by atoms with Crippen LogP contribution >= 0.6 is 0 Å². The monoisotopic (exact) mass is 281 g/mol. The fraction of sp³-hybridized carbons (Fsp3) is 0.625. The molecule has 1 aromatic rings. The molecule has 1 nitrogen and oxygen atoms in total. The van der Waals surface area contributed by atoms with Crippen LogP contribution in [0.5, 0.6) is 0 Å². The van der Waals surface area contributed by atoms with Gasteiger partial charge in [-0.2, -0.15) is 0 Å². The van der Waals surface area contributed by atoms with Gasteiger partial charge in [-0.1, -0.05) is 0 Å². The van der Waals surface area contributed by atoms with E-state index in [4.69, 9.17) is 0 Å². The van der Waals surface area contributed by atoms with E-state index in [0.29, 0.717) is 17.9 Å². The zero-order valence-corrected chi connectivity index (χ0v) is 11.2. The molecule has 0 unspecified atom stereocenters. The number of nitrogens with one attached hydrogen (secondary N) is 1. The Labute approximate surface area is 116 Å². The first-order valence-corrected chi connectivity index (χ1v) is 7.51. The Hall–Kier alpha value is -1.19. The maximum absolute atomic E-state index is 13.8. The van der Waals surface area contributed by atoms with Crippen molar-refractivity contribution in [3.8, 4) is 0 Å². The lowest BCUT2D eigenvalue weighted by atomic mass is 9.54. The van der Waals surface area contributed by atoms with E-state index in [0.717, 1.165) is 17.9 Å². The summed E-state index contributed by atoms with van der Waals surface area (Å²) in [5.74, 6) is 0.00165. The van der Waals surface area contributed by atoms with Crippen LogP contribution in [-0.4, -0.2) is 6.04 Å². The average molecular weight is 281 g/mol. The van der Waals surface area contributed by atoms with Crippen molar-refractivity contribution >= 4 is 5.69 Å². The van der Waals surface area contributed by atoms with E-state index >= 15 is 0 Å². The van der Waals surface area contributed by atoms with Crippen LogP contribution in [0.4, 0.5) is 18.9 Å². The molecule has 1 aromatic carbocycles. The summed E-state index contributed by atoms with van der Waals surface area (Å²) >= 11 is 0. The van der Waals surface area contributed by atoms with Crippen LogP contribution in [0, 0.1) is 41.1 Å². The SMILES string of the molecule is Fc1cc(F)c(NC2C3CC4CC(C3)CC2C4)cc1F. The number of hydrogen-bond acceptors (Lipinski definition) is 1. The zero-order chi connectivity index (χ0) is 13.9. The molecule has 0 spiro atoms. The van der Waals surface area contributed by atoms with Crippen LogP contribution in [0.1, 0.15) is 32.1 Å². The minimum Gasteiger partial charge on any atom is -0.379 e. The Morgan fingerprint density at radius 1 is 0.750 bits per heavy atom. The summed E-state index contributed by atoms with van der Waals surface area (Å²) in [6.45, 7) is 0. The van der Waals surface area contributed by atoms with Gasteiger partial charge in [-0.15, -0.1) is 0 Å². The molecule has 0 aromatic heterocycles. The van der Waals surface area contributed by atoms with Crippen LogP contribution in [0.2, 0.25) is 0 Å². The lowest BCUT2D eigenvalue weighted by Gasteiger charge is -2.54. The van der Waals surface area contributed by atoms with Crippen molar-refractivity contribution in [3.05, 3.63) is 29.6 Å². The molecular formula is C16H18F3N. The first-order chi connectivity index (χ1) is 9.60. The van der Waals surface area contributed by atoms with E-state index < -0.39 is 17.5 Å². The highest BCUT2D eigenvalue weighted by molar-refractivity contribution is 5.46. The van der Waals surface area contributed by atoms with E-state index in [2.05, 4.69) is 5.32 Å². The van der Waals surface area contributed by atoms with E-state index in [1.165, 1.54) is 32.1 Å². The summed E-state index contributed by atoms with van der Waals surface area (Å²) in [6, 6.07) is 1.81. The Kier molecular flexibility index (Phi) is 2.76. The van der Waals surface area contributed by atoms with Gasteiger partial charge in [0.15, 0.2) is 11.6 Å². The molecule has 4 heteroatoms. The lowest BCUT2D eigenvalue weighted by Crippen LogP contribution is -2.51. The van der Waals surface area contributed by atoms with Crippen LogP contribution in [0.15, 0.2) is 12.1 Å². The predicted molar refractivity (Wildman–Crippen MR) is 70.8 cm³/mol. The molecule has 0 amide bonds. The molecule has 4 aliphatic carbocycles. The zero-order valence-electron chi connectivity index (χ0n) is 11.2. The van der Waals surface area contributed by atoms with Gasteiger partial charge in [-0.05, 0) is 55.8 Å². The molecule has 0 heterocycles. The second-order valence-corrected chi connectivity index (χ2v) is 6.85. The largest absolute Gasteiger partial charge is 0.379 e. The average Bonchev–Trinajstić information content (AvgIpc) is 2.38. The summed E-state index contributed by atoms with van der Waals surface area (Å²) < 4.78 is 40.1. The smallest absolute Gasteiger partial charge is 0.161 e. The Bertz CT molecular complexity index is 515. The van der Waals surface area contributed by atoms with Gasteiger partial charge in [-0.25, -0.2) is 13.2 Å². The van der Waals surface area contributed by atoms with Crippen LogP contribution in [-0.2, 0) is 0 Å². The number of benzene rings is 1. The van der Waals surface area contributed by atoms with Crippen molar-refractivity contribution in [2.45, 2.75) is 38.1 Å². The summed E-state index contributed by atoms with van der Waals surface area (Å²) in [5.41, 5.74) is 0.112. The maximum atomic E-state index is 13.8. The van der Waals surface area contributed by atoms with Gasteiger partial charge < -0.3 is 5.32 Å². The molecule has 4 bridgehead atoms. The molecule has 20 heavy (non-hydrogen) atoms. The van der Waals surface area contributed by atoms with Gasteiger partial charge in [0.05, 0.1) is 5.69 Å². The highest BCUT2D eigenvalue weighted by Crippen LogP contribution is 2.54. The molecule has 4 fully saturated rings. The van der Waals surface area contributed by atoms with E-state index in [-0.39, 0.29) is 11.7 Å². The summed E-state index contributed by atoms with van der Waals surface area (Å²) in [5, 5.41) is 3.18. The van der Waals surface area contributed by atoms with Crippen LogP contribution < -0.4 is 5.32 Å². The molecule has 108 valence electrons. The molecule has 0 aliphatic heterocycles. The Morgan fingerprint density at radius 2 is 1.30 bits per heavy atom. The van der Waals surface area contributed by atoms with Crippen molar-refractivity contribution < 1.29 is 13.2 Å². The second kappa shape index (κ2) is 4.40. The lowest BCUT2D eigenvalue weighted by molar-refractivity contribution is 0.00743. The number of hydrogen-bond donors (Lipinski definition) is 1. The first-order valence-electron chi connectivity index (χ1n) is 7.51. The van der Waals surface area contributed by atoms with Gasteiger partial charge in [0.2, 0.25) is 0 Å². The van der Waals surface area contributed by atoms with Crippen molar-refractivity contribution in [2.75, 3.05) is 5.32 Å². The second-order valence-electron chi connectivity index (χ2n) is 6.85. The Morgan fingerprint density at radius 3 is 1.90 bits per heavy atom. The predicted octanol–water partition coefficient (Wildman–Crippen LogP) is 4.34. The van der Waals surface area contributed by atoms with Crippen molar-refractivity contribution in [3.63, 3.8) is 0 Å². The molecule has 0 radical (unpaired) electrons. The standard InChI is InChI=1S/C16H18F3N/c17-12-6-14(19)15(7-13(12)18)20-16-10-2-8-1-9(4-10)5-11(16)3-8/h6-11,16,20H,1-5H2. The van der Waals surface area contributed by atoms with Crippen molar-refractivity contribution in [2.24, 2.45) is 23.7 Å². The molecule has 0 saturated heterocycles. The third kappa shape index (κ3) is 1.92. The summed E-state index contributed by atoms with van der Waals surface area (Å²) in [6.07, 6.45) is 6.18. The minimum atomic E-state index is -1.13. The summed E-state index contributed by atoms with van der Waals surface area (Å²) in [4.78, 5) is 0. The van der Waals surface area contributed by atoms with E-state index in [1.54, 1.807) is 0 Å². The van der Waals surface area contributed by atoms with Crippen molar-refractivity contribution in [1.82, 2.24) is 0 Å². The highest BCUT2D eigenvalue weighted by atomic mass is 19.2. The van der Waals surface area contributed by atoms with Gasteiger partial charge in [0.25, 0.3) is 0 Å². The topological polar surface area (TPSA) is 12.0 Å². The molecular weight excluding hydrogens is 263 g/mol. The normalized spacial score (nSPS) is 38.2. The molecule has 4 aliphatic rings. The number of anilines is 1. The van der Waals surface area contributed by atoms with Crippen LogP contribution in [0.3, 0.4) is 0 Å². The number of rotatable bonds is 2. The molecule has 4 saturated carbocycles. The third-order valence-corrected chi connectivity index (χ3v) is 5.56. The fourth-order valence-electron chi connectivity index (χ4n) is 4.97. The maximum Gasteiger partial charge on any atom is 0.161 e. The van der Waals surface area contributed by atoms with Gasteiger partial charge in [0.1, 0.15) is 5.82 Å². The quantitative estimate of drug-likeness (QED) is 0.795.